The molecule has 0 unspecified atom stereocenters. The SMILES string of the molecule is N#Cc1ccc(-c2cccc3c2-c2cc(-c4nc(-c5ccccc5)nc(-c5cccc(-c6ccccc6)c5)n4)ccc2C32c3ccccc3Sc3ccccc32)cc1. The fourth-order valence-corrected chi connectivity index (χ4v) is 10.1. The molecule has 0 N–H and O–H groups in total. The van der Waals surface area contributed by atoms with Gasteiger partial charge < -0.3 is 0 Å². The van der Waals surface area contributed by atoms with Crippen LogP contribution in [0.15, 0.2) is 204 Å². The van der Waals surface area contributed by atoms with Gasteiger partial charge in [-0.05, 0) is 92.0 Å². The monoisotopic (exact) mass is 756 g/mol. The van der Waals surface area contributed by atoms with Gasteiger partial charge in [-0.1, -0.05) is 169 Å². The van der Waals surface area contributed by atoms with Crippen LogP contribution in [-0.2, 0) is 5.41 Å². The number of benzene rings is 8. The van der Waals surface area contributed by atoms with E-state index in [0.29, 0.717) is 23.0 Å². The molecule has 0 saturated heterocycles. The number of nitrogens with zero attached hydrogens (tertiary/aromatic N) is 4. The van der Waals surface area contributed by atoms with Crippen LogP contribution in [-0.4, -0.2) is 15.0 Å². The Hall–Kier alpha value is -7.39. The summed E-state index contributed by atoms with van der Waals surface area (Å²) in [6.07, 6.45) is 0. The van der Waals surface area contributed by atoms with Gasteiger partial charge in [0, 0.05) is 26.5 Å². The molecule has 8 aromatic carbocycles. The molecule has 1 aliphatic carbocycles. The van der Waals surface area contributed by atoms with Crippen LogP contribution in [0.3, 0.4) is 0 Å². The zero-order valence-electron chi connectivity index (χ0n) is 31.2. The lowest BCUT2D eigenvalue weighted by atomic mass is 9.67. The van der Waals surface area contributed by atoms with Gasteiger partial charge in [0.05, 0.1) is 17.0 Å². The summed E-state index contributed by atoms with van der Waals surface area (Å²) in [4.78, 5) is 18.0. The van der Waals surface area contributed by atoms with E-state index in [1.54, 1.807) is 0 Å². The average molecular weight is 757 g/mol. The van der Waals surface area contributed by atoms with Crippen LogP contribution in [0.1, 0.15) is 27.8 Å². The molecule has 0 atom stereocenters. The second-order valence-electron chi connectivity index (χ2n) is 14.6. The van der Waals surface area contributed by atoms with Gasteiger partial charge in [-0.3, -0.25) is 0 Å². The highest BCUT2D eigenvalue weighted by Crippen LogP contribution is 2.63. The second-order valence-corrected chi connectivity index (χ2v) is 15.7. The lowest BCUT2D eigenvalue weighted by Gasteiger charge is -2.39. The van der Waals surface area contributed by atoms with E-state index in [4.69, 9.17) is 15.0 Å². The average Bonchev–Trinajstić information content (AvgIpc) is 3.59. The highest BCUT2D eigenvalue weighted by molar-refractivity contribution is 7.99. The van der Waals surface area contributed by atoms with Crippen molar-refractivity contribution in [1.29, 1.82) is 5.26 Å². The van der Waals surface area contributed by atoms with Crippen LogP contribution in [0, 0.1) is 11.3 Å². The van der Waals surface area contributed by atoms with Gasteiger partial charge in [-0.2, -0.15) is 5.26 Å². The maximum atomic E-state index is 9.66. The molecule has 1 aromatic heterocycles. The predicted molar refractivity (Wildman–Crippen MR) is 233 cm³/mol. The van der Waals surface area contributed by atoms with Crippen molar-refractivity contribution in [3.8, 4) is 73.6 Å². The maximum absolute atomic E-state index is 9.66. The molecule has 1 spiro atoms. The quantitative estimate of drug-likeness (QED) is 0.175. The lowest BCUT2D eigenvalue weighted by Crippen LogP contribution is -2.31. The first kappa shape index (κ1) is 33.9. The Balaban J connectivity index is 1.17. The van der Waals surface area contributed by atoms with Crippen LogP contribution < -0.4 is 0 Å². The minimum absolute atomic E-state index is 0.554. The third kappa shape index (κ3) is 5.34. The minimum Gasteiger partial charge on any atom is -0.208 e. The van der Waals surface area contributed by atoms with Crippen molar-refractivity contribution in [3.05, 3.63) is 222 Å². The highest BCUT2D eigenvalue weighted by atomic mass is 32.2. The first-order valence-corrected chi connectivity index (χ1v) is 20.1. The molecule has 270 valence electrons. The van der Waals surface area contributed by atoms with Gasteiger partial charge in [0.15, 0.2) is 17.5 Å². The van der Waals surface area contributed by atoms with E-state index >= 15 is 0 Å². The topological polar surface area (TPSA) is 62.5 Å². The molecular formula is C53H32N4S. The largest absolute Gasteiger partial charge is 0.208 e. The van der Waals surface area contributed by atoms with Gasteiger partial charge in [-0.25, -0.2) is 15.0 Å². The molecular weight excluding hydrogens is 725 g/mol. The molecule has 0 saturated carbocycles. The summed E-state index contributed by atoms with van der Waals surface area (Å²) in [7, 11) is 0. The van der Waals surface area contributed by atoms with Gasteiger partial charge in [0.2, 0.25) is 0 Å². The van der Waals surface area contributed by atoms with Crippen molar-refractivity contribution in [2.75, 3.05) is 0 Å². The fourth-order valence-electron chi connectivity index (χ4n) is 8.88. The van der Waals surface area contributed by atoms with E-state index in [1.807, 2.05) is 60.3 Å². The summed E-state index contributed by atoms with van der Waals surface area (Å²) in [5, 5.41) is 9.66. The van der Waals surface area contributed by atoms with Crippen LogP contribution in [0.2, 0.25) is 0 Å². The van der Waals surface area contributed by atoms with E-state index in [1.165, 1.54) is 37.6 Å². The van der Waals surface area contributed by atoms with Crippen molar-refractivity contribution >= 4 is 11.8 Å². The summed E-state index contributed by atoms with van der Waals surface area (Å²) >= 11 is 1.84. The number of fused-ring (bicyclic) bond motifs is 9. The summed E-state index contributed by atoms with van der Waals surface area (Å²) < 4.78 is 0. The number of aromatic nitrogens is 3. The Kier molecular flexibility index (Phi) is 7.99. The Bertz CT molecular complexity index is 3050. The highest BCUT2D eigenvalue weighted by Gasteiger charge is 2.50. The molecule has 0 radical (unpaired) electrons. The Morgan fingerprint density at radius 3 is 1.57 bits per heavy atom. The molecule has 0 amide bonds. The molecule has 1 aliphatic heterocycles. The first-order valence-electron chi connectivity index (χ1n) is 19.3. The van der Waals surface area contributed by atoms with Crippen molar-refractivity contribution in [2.24, 2.45) is 0 Å². The van der Waals surface area contributed by atoms with Crippen molar-refractivity contribution < 1.29 is 0 Å². The Morgan fingerprint density at radius 2 is 0.897 bits per heavy atom. The predicted octanol–water partition coefficient (Wildman–Crippen LogP) is 12.9. The lowest BCUT2D eigenvalue weighted by molar-refractivity contribution is 0.722. The van der Waals surface area contributed by atoms with Gasteiger partial charge >= 0.3 is 0 Å². The number of nitriles is 1. The van der Waals surface area contributed by atoms with E-state index in [2.05, 4.69) is 152 Å². The standard InChI is InChI=1S/C53H32N4S/c54-33-34-25-27-36(28-26-34)41-19-12-22-46-49(41)42-32-40(29-30-43(42)53(46)44-20-7-9-23-47(44)58-48-24-10-8-21-45(48)53)52-56-50(37-15-5-2-6-16-37)55-51(57-52)39-18-11-17-38(31-39)35-13-3-1-4-14-35/h1-32H. The van der Waals surface area contributed by atoms with Gasteiger partial charge in [0.1, 0.15) is 0 Å². The molecule has 4 nitrogen and oxygen atoms in total. The number of rotatable bonds is 5. The molecule has 5 heteroatoms. The van der Waals surface area contributed by atoms with Crippen LogP contribution in [0.25, 0.3) is 67.5 Å². The summed E-state index contributed by atoms with van der Waals surface area (Å²) in [6.45, 7) is 0. The summed E-state index contributed by atoms with van der Waals surface area (Å²) in [6, 6.07) is 70.4. The molecule has 2 aliphatic rings. The van der Waals surface area contributed by atoms with Gasteiger partial charge in [0.25, 0.3) is 0 Å². The normalized spacial score (nSPS) is 12.9. The van der Waals surface area contributed by atoms with Crippen molar-refractivity contribution in [1.82, 2.24) is 15.0 Å². The number of hydrogen-bond acceptors (Lipinski definition) is 5. The smallest absolute Gasteiger partial charge is 0.164 e. The Morgan fingerprint density at radius 1 is 0.379 bits per heavy atom. The zero-order chi connectivity index (χ0) is 38.6. The first-order chi connectivity index (χ1) is 28.7. The zero-order valence-corrected chi connectivity index (χ0v) is 32.0. The summed E-state index contributed by atoms with van der Waals surface area (Å²) in [5.41, 5.74) is 14.6. The number of hydrogen-bond donors (Lipinski definition) is 0. The van der Waals surface area contributed by atoms with Crippen LogP contribution in [0.4, 0.5) is 0 Å². The van der Waals surface area contributed by atoms with E-state index in [-0.39, 0.29) is 0 Å². The fraction of sp³-hybridized carbons (Fsp3) is 0.0189. The van der Waals surface area contributed by atoms with Crippen LogP contribution in [0.5, 0.6) is 0 Å². The van der Waals surface area contributed by atoms with Crippen LogP contribution >= 0.6 is 11.8 Å². The molecule has 2 heterocycles. The van der Waals surface area contributed by atoms with E-state index in [0.717, 1.165) is 44.5 Å². The molecule has 0 bridgehead atoms. The second kappa shape index (κ2) is 13.7. The molecule has 9 aromatic rings. The molecule has 11 rings (SSSR count). The molecule has 58 heavy (non-hydrogen) atoms. The summed E-state index contributed by atoms with van der Waals surface area (Å²) in [5.74, 6) is 1.84. The molecule has 0 fully saturated rings. The Labute approximate surface area is 341 Å². The maximum Gasteiger partial charge on any atom is 0.164 e. The minimum atomic E-state index is -0.554. The van der Waals surface area contributed by atoms with Gasteiger partial charge in [-0.15, -0.1) is 0 Å². The van der Waals surface area contributed by atoms with Crippen molar-refractivity contribution in [2.45, 2.75) is 15.2 Å². The van der Waals surface area contributed by atoms with Crippen molar-refractivity contribution in [3.63, 3.8) is 0 Å². The third-order valence-corrected chi connectivity index (χ3v) is 12.6. The van der Waals surface area contributed by atoms with E-state index < -0.39 is 5.41 Å². The van der Waals surface area contributed by atoms with E-state index in [9.17, 15) is 5.26 Å². The third-order valence-electron chi connectivity index (χ3n) is 11.4.